The highest BCUT2D eigenvalue weighted by Crippen LogP contribution is 2.40. The number of methoxy groups -OCH3 is 2. The molecule has 2 saturated heterocycles. The first-order valence-electron chi connectivity index (χ1n) is 15.1. The molecule has 4 aromatic rings. The largest absolute Gasteiger partial charge is 0.496 e. The van der Waals surface area contributed by atoms with Crippen molar-refractivity contribution in [1.29, 1.82) is 0 Å². The predicted octanol–water partition coefficient (Wildman–Crippen LogP) is 4.25. The Kier molecular flexibility index (Phi) is 8.96. The first-order valence-corrected chi connectivity index (χ1v) is 15.1. The number of ether oxygens (including phenoxy) is 2. The third-order valence-electron chi connectivity index (χ3n) is 8.97. The van der Waals surface area contributed by atoms with Gasteiger partial charge in [0.05, 0.1) is 19.8 Å². The molecule has 3 heterocycles. The number of rotatable bonds is 8. The van der Waals surface area contributed by atoms with Crippen LogP contribution in [0.2, 0.25) is 0 Å². The molecular formula is C33H36F3N7O3. The number of amides is 1. The number of tetrazole rings is 1. The zero-order valence-corrected chi connectivity index (χ0v) is 25.9. The summed E-state index contributed by atoms with van der Waals surface area (Å²) in [5.41, 5.74) is 3.00. The third-order valence-corrected chi connectivity index (χ3v) is 8.97. The van der Waals surface area contributed by atoms with Crippen molar-refractivity contribution in [1.82, 2.24) is 34.9 Å². The summed E-state index contributed by atoms with van der Waals surface area (Å²) in [6.07, 6.45) is -4.77. The van der Waals surface area contributed by atoms with E-state index in [2.05, 4.69) is 49.6 Å². The molecule has 10 nitrogen and oxygen atoms in total. The van der Waals surface area contributed by atoms with Gasteiger partial charge >= 0.3 is 6.18 Å². The Morgan fingerprint density at radius 3 is 2.17 bits per heavy atom. The fraction of sp³-hybridized carbons (Fsp3) is 0.394. The van der Waals surface area contributed by atoms with Crippen LogP contribution in [0.4, 0.5) is 13.2 Å². The molecular weight excluding hydrogens is 599 g/mol. The van der Waals surface area contributed by atoms with Crippen molar-refractivity contribution in [2.24, 2.45) is 0 Å². The van der Waals surface area contributed by atoms with Crippen LogP contribution in [0.15, 0.2) is 72.8 Å². The topological polar surface area (TPSA) is 88.8 Å². The quantitative estimate of drug-likeness (QED) is 0.284. The van der Waals surface area contributed by atoms with Crippen molar-refractivity contribution in [3.05, 3.63) is 95.3 Å². The molecule has 2 atom stereocenters. The Balaban J connectivity index is 1.42. The highest BCUT2D eigenvalue weighted by Gasteiger charge is 2.43. The lowest BCUT2D eigenvalue weighted by molar-refractivity contribution is -0.146. The molecule has 2 fully saturated rings. The van der Waals surface area contributed by atoms with Gasteiger partial charge in [-0.05, 0) is 33.7 Å². The standard InChI is InChI=1S/C33H36F3N7O3/c1-22(44)41-16-17-42-25(19-41)18-40(21-28(42)30(23-10-6-4-7-11-23)24-12-8-5-9-13-24)20-26-29(45-2)15-14-27(31(26)46-3)43-32(33(34,35)36)37-38-39-43/h4-15,25,28,30H,16-21H2,1-3H3/t25-,28?/m1/s1. The molecule has 0 bridgehead atoms. The van der Waals surface area contributed by atoms with Crippen LogP contribution in [0.3, 0.4) is 0 Å². The lowest BCUT2D eigenvalue weighted by atomic mass is 9.81. The Bertz CT molecular complexity index is 1610. The summed E-state index contributed by atoms with van der Waals surface area (Å²) < 4.78 is 53.5. The lowest BCUT2D eigenvalue weighted by Gasteiger charge is -2.53. The molecule has 2 aliphatic heterocycles. The number of aromatic nitrogens is 4. The normalized spacial score (nSPS) is 19.2. The SMILES string of the molecule is COc1ccc(-n2nnnc2C(F)(F)F)c(OC)c1CN1CC(C(c2ccccc2)c2ccccc2)N2CCN(C(C)=O)C[C@H]2C1. The summed E-state index contributed by atoms with van der Waals surface area (Å²) in [6.45, 7) is 5.16. The van der Waals surface area contributed by atoms with Gasteiger partial charge in [-0.15, -0.1) is 5.10 Å². The van der Waals surface area contributed by atoms with Crippen LogP contribution >= 0.6 is 0 Å². The maximum absolute atomic E-state index is 13.8. The maximum atomic E-state index is 13.8. The Morgan fingerprint density at radius 1 is 0.913 bits per heavy atom. The van der Waals surface area contributed by atoms with Gasteiger partial charge in [0.25, 0.3) is 5.82 Å². The van der Waals surface area contributed by atoms with E-state index in [1.165, 1.54) is 31.4 Å². The van der Waals surface area contributed by atoms with Gasteiger partial charge in [0.2, 0.25) is 5.91 Å². The van der Waals surface area contributed by atoms with E-state index in [0.29, 0.717) is 48.7 Å². The van der Waals surface area contributed by atoms with E-state index >= 15 is 0 Å². The number of alkyl halides is 3. The first kappa shape index (κ1) is 31.5. The van der Waals surface area contributed by atoms with Crippen LogP contribution in [0.25, 0.3) is 5.69 Å². The monoisotopic (exact) mass is 635 g/mol. The molecule has 0 aliphatic carbocycles. The molecule has 0 saturated carbocycles. The van der Waals surface area contributed by atoms with Crippen LogP contribution in [0.5, 0.6) is 11.5 Å². The molecule has 0 spiro atoms. The van der Waals surface area contributed by atoms with E-state index in [-0.39, 0.29) is 35.3 Å². The Hall–Kier alpha value is -4.49. The number of piperazine rings is 2. The second-order valence-electron chi connectivity index (χ2n) is 11.6. The Labute approximate surface area is 265 Å². The van der Waals surface area contributed by atoms with Crippen LogP contribution in [-0.4, -0.2) is 99.8 Å². The molecule has 13 heteroatoms. The van der Waals surface area contributed by atoms with Crippen LogP contribution in [0, 0.1) is 0 Å². The average Bonchev–Trinajstić information content (AvgIpc) is 3.56. The van der Waals surface area contributed by atoms with Gasteiger partial charge in [-0.2, -0.15) is 17.9 Å². The average molecular weight is 636 g/mol. The summed E-state index contributed by atoms with van der Waals surface area (Å²) in [4.78, 5) is 19.2. The van der Waals surface area contributed by atoms with Crippen molar-refractivity contribution < 1.29 is 27.4 Å². The highest BCUT2D eigenvalue weighted by atomic mass is 19.4. The number of halogens is 3. The van der Waals surface area contributed by atoms with Gasteiger partial charge in [0.15, 0.2) is 5.75 Å². The van der Waals surface area contributed by atoms with E-state index in [1.54, 1.807) is 13.0 Å². The van der Waals surface area contributed by atoms with E-state index < -0.39 is 12.0 Å². The smallest absolute Gasteiger partial charge is 0.453 e. The summed E-state index contributed by atoms with van der Waals surface area (Å²) >= 11 is 0. The van der Waals surface area contributed by atoms with E-state index in [1.807, 2.05) is 41.3 Å². The fourth-order valence-corrected chi connectivity index (χ4v) is 6.96. The number of carbonyl (C=O) groups is 1. The van der Waals surface area contributed by atoms with Crippen molar-refractivity contribution in [2.75, 3.05) is 46.9 Å². The highest BCUT2D eigenvalue weighted by molar-refractivity contribution is 5.73. The summed E-state index contributed by atoms with van der Waals surface area (Å²) in [6, 6.07) is 23.9. The minimum Gasteiger partial charge on any atom is -0.496 e. The van der Waals surface area contributed by atoms with Crippen molar-refractivity contribution in [2.45, 2.75) is 37.6 Å². The minimum absolute atomic E-state index is 0.0299. The molecule has 2 aliphatic rings. The molecule has 1 unspecified atom stereocenters. The Morgan fingerprint density at radius 2 is 1.59 bits per heavy atom. The van der Waals surface area contributed by atoms with Gasteiger partial charge in [0.1, 0.15) is 11.4 Å². The summed E-state index contributed by atoms with van der Waals surface area (Å²) in [5.74, 6) is -0.530. The van der Waals surface area contributed by atoms with Crippen molar-refractivity contribution in [3.8, 4) is 17.2 Å². The van der Waals surface area contributed by atoms with Crippen LogP contribution in [0.1, 0.15) is 35.4 Å². The molecule has 46 heavy (non-hydrogen) atoms. The van der Waals surface area contributed by atoms with Gasteiger partial charge in [-0.3, -0.25) is 14.6 Å². The number of nitrogens with zero attached hydrogens (tertiary/aromatic N) is 7. The zero-order chi connectivity index (χ0) is 32.4. The molecule has 1 aromatic heterocycles. The van der Waals surface area contributed by atoms with E-state index in [0.717, 1.165) is 6.54 Å². The molecule has 0 radical (unpaired) electrons. The van der Waals surface area contributed by atoms with Gasteiger partial charge < -0.3 is 14.4 Å². The molecule has 0 N–H and O–H groups in total. The number of benzene rings is 3. The molecule has 1 amide bonds. The van der Waals surface area contributed by atoms with Crippen LogP contribution in [-0.2, 0) is 17.5 Å². The predicted molar refractivity (Wildman–Crippen MR) is 164 cm³/mol. The van der Waals surface area contributed by atoms with E-state index in [4.69, 9.17) is 9.47 Å². The maximum Gasteiger partial charge on any atom is 0.453 e. The second kappa shape index (κ2) is 13.1. The third kappa shape index (κ3) is 6.16. The van der Waals surface area contributed by atoms with Gasteiger partial charge in [-0.25, -0.2) is 0 Å². The number of carbonyl (C=O) groups excluding carboxylic acids is 1. The molecule has 242 valence electrons. The molecule has 3 aromatic carbocycles. The number of fused-ring (bicyclic) bond motifs is 1. The molecule has 6 rings (SSSR count). The minimum atomic E-state index is -4.77. The van der Waals surface area contributed by atoms with E-state index in [9.17, 15) is 18.0 Å². The van der Waals surface area contributed by atoms with Crippen molar-refractivity contribution in [3.63, 3.8) is 0 Å². The number of hydrogen-bond acceptors (Lipinski definition) is 8. The van der Waals surface area contributed by atoms with Gasteiger partial charge in [0, 0.05) is 64.2 Å². The second-order valence-corrected chi connectivity index (χ2v) is 11.6. The first-order chi connectivity index (χ1) is 22.2. The van der Waals surface area contributed by atoms with Gasteiger partial charge in [-0.1, -0.05) is 60.7 Å². The summed E-state index contributed by atoms with van der Waals surface area (Å²) in [5, 5.41) is 10.2. The fourth-order valence-electron chi connectivity index (χ4n) is 6.96. The van der Waals surface area contributed by atoms with Crippen LogP contribution < -0.4 is 9.47 Å². The number of hydrogen-bond donors (Lipinski definition) is 0. The zero-order valence-electron chi connectivity index (χ0n) is 25.9. The summed E-state index contributed by atoms with van der Waals surface area (Å²) in [7, 11) is 2.93. The lowest BCUT2D eigenvalue weighted by Crippen LogP contribution is -2.67. The van der Waals surface area contributed by atoms with Crippen molar-refractivity contribution >= 4 is 5.91 Å².